The number of amides is 1. The summed E-state index contributed by atoms with van der Waals surface area (Å²) in [5.41, 5.74) is 0.0555. The molecular formula is C18H17ClF2N2O5S. The summed E-state index contributed by atoms with van der Waals surface area (Å²) in [6, 6.07) is 6.42. The molecule has 3 rings (SSSR count). The van der Waals surface area contributed by atoms with Crippen molar-refractivity contribution in [1.82, 2.24) is 4.31 Å². The Bertz CT molecular complexity index is 1030. The van der Waals surface area contributed by atoms with Crippen molar-refractivity contribution in [2.24, 2.45) is 0 Å². The van der Waals surface area contributed by atoms with Crippen molar-refractivity contribution in [2.75, 3.05) is 31.6 Å². The smallest absolute Gasteiger partial charge is 0.255 e. The molecule has 0 radical (unpaired) electrons. The molecule has 1 fully saturated rings. The molecule has 0 unspecified atom stereocenters. The fourth-order valence-electron chi connectivity index (χ4n) is 2.74. The second-order valence-electron chi connectivity index (χ2n) is 6.32. The predicted octanol–water partition coefficient (Wildman–Crippen LogP) is 2.25. The molecule has 0 aliphatic carbocycles. The van der Waals surface area contributed by atoms with Crippen molar-refractivity contribution < 1.29 is 31.8 Å². The number of sulfonamides is 1. The molecule has 1 aliphatic rings. The minimum atomic E-state index is -4.32. The van der Waals surface area contributed by atoms with Gasteiger partial charge in [0, 0.05) is 24.3 Å². The van der Waals surface area contributed by atoms with E-state index in [1.54, 1.807) is 0 Å². The second kappa shape index (κ2) is 8.72. The Kier molecular flexibility index (Phi) is 6.49. The van der Waals surface area contributed by atoms with E-state index in [2.05, 4.69) is 5.32 Å². The highest BCUT2D eigenvalue weighted by Crippen LogP contribution is 2.24. The summed E-state index contributed by atoms with van der Waals surface area (Å²) < 4.78 is 59.3. The maximum atomic E-state index is 14.3. The number of hydrogen-bond donors (Lipinski definition) is 2. The molecule has 0 aromatic heterocycles. The van der Waals surface area contributed by atoms with Gasteiger partial charge in [0.05, 0.1) is 24.3 Å². The molecular weight excluding hydrogens is 430 g/mol. The van der Waals surface area contributed by atoms with Gasteiger partial charge in [0.15, 0.2) is 0 Å². The molecule has 2 N–H and O–H groups in total. The van der Waals surface area contributed by atoms with E-state index in [1.165, 1.54) is 12.1 Å². The van der Waals surface area contributed by atoms with E-state index >= 15 is 0 Å². The summed E-state index contributed by atoms with van der Waals surface area (Å²) in [4.78, 5) is 11.7. The van der Waals surface area contributed by atoms with Gasteiger partial charge in [-0.15, -0.1) is 0 Å². The van der Waals surface area contributed by atoms with Crippen LogP contribution in [0.4, 0.5) is 14.5 Å². The number of aliphatic hydroxyl groups excluding tert-OH is 1. The highest BCUT2D eigenvalue weighted by molar-refractivity contribution is 7.89. The fraction of sp³-hybridized carbons (Fsp3) is 0.278. The predicted molar refractivity (Wildman–Crippen MR) is 101 cm³/mol. The number of β-amino-alcohol motifs (C(OH)–C–C–N with tert-alkyl or cyclic N) is 1. The van der Waals surface area contributed by atoms with Crippen molar-refractivity contribution in [3.63, 3.8) is 0 Å². The number of halogens is 3. The van der Waals surface area contributed by atoms with Gasteiger partial charge in [-0.2, -0.15) is 4.31 Å². The molecule has 2 aromatic carbocycles. The van der Waals surface area contributed by atoms with Gasteiger partial charge >= 0.3 is 0 Å². The average Bonchev–Trinajstić information content (AvgIpc) is 2.90. The van der Waals surface area contributed by atoms with Gasteiger partial charge in [-0.1, -0.05) is 11.6 Å². The lowest BCUT2D eigenvalue weighted by atomic mass is 10.2. The van der Waals surface area contributed by atoms with Crippen LogP contribution in [0.2, 0.25) is 5.02 Å². The lowest BCUT2D eigenvalue weighted by Gasteiger charge is -2.21. The number of aliphatic hydroxyl groups is 1. The third kappa shape index (κ3) is 4.90. The van der Waals surface area contributed by atoms with Crippen molar-refractivity contribution in [3.05, 3.63) is 58.6 Å². The van der Waals surface area contributed by atoms with Gasteiger partial charge in [0.1, 0.15) is 16.5 Å². The van der Waals surface area contributed by atoms with Crippen LogP contribution in [0, 0.1) is 11.6 Å². The number of rotatable bonds is 4. The topological polar surface area (TPSA) is 95.9 Å². The van der Waals surface area contributed by atoms with Crippen molar-refractivity contribution in [3.8, 4) is 0 Å². The molecule has 2 aromatic rings. The van der Waals surface area contributed by atoms with Gasteiger partial charge in [-0.05, 0) is 36.4 Å². The lowest BCUT2D eigenvalue weighted by Crippen LogP contribution is -2.38. The molecule has 1 saturated heterocycles. The minimum Gasteiger partial charge on any atom is -0.389 e. The summed E-state index contributed by atoms with van der Waals surface area (Å²) in [7, 11) is -4.32. The van der Waals surface area contributed by atoms with E-state index in [-0.39, 0.29) is 42.6 Å². The molecule has 156 valence electrons. The largest absolute Gasteiger partial charge is 0.389 e. The van der Waals surface area contributed by atoms with Crippen LogP contribution in [-0.4, -0.2) is 56.1 Å². The van der Waals surface area contributed by atoms with E-state index < -0.39 is 38.6 Å². The summed E-state index contributed by atoms with van der Waals surface area (Å²) in [6.45, 7) is -0.309. The quantitative estimate of drug-likeness (QED) is 0.751. The molecule has 7 nitrogen and oxygen atoms in total. The maximum Gasteiger partial charge on any atom is 0.255 e. The monoisotopic (exact) mass is 446 g/mol. The third-order valence-electron chi connectivity index (χ3n) is 4.20. The van der Waals surface area contributed by atoms with Gasteiger partial charge < -0.3 is 15.2 Å². The molecule has 1 heterocycles. The molecule has 0 bridgehead atoms. The Morgan fingerprint density at radius 2 is 1.93 bits per heavy atom. The lowest BCUT2D eigenvalue weighted by molar-refractivity contribution is 0.0583. The first-order valence-electron chi connectivity index (χ1n) is 8.50. The van der Waals surface area contributed by atoms with Crippen LogP contribution in [0.3, 0.4) is 0 Å². The molecule has 1 atom stereocenters. The maximum absolute atomic E-state index is 14.3. The highest BCUT2D eigenvalue weighted by Gasteiger charge is 2.31. The Morgan fingerprint density at radius 3 is 2.66 bits per heavy atom. The number of carbonyl (C=O) groups is 1. The standard InChI is InChI=1S/C18H17ClF2N2O5S/c19-14-8-12(2-4-15(14)20)22-18(25)11-1-3-16(21)17(7-11)29(26,27)23-5-6-28-10-13(24)9-23/h1-4,7-8,13,24H,5-6,9-10H2,(H,22,25)/t13-/m1/s1. The van der Waals surface area contributed by atoms with Gasteiger partial charge in [-0.25, -0.2) is 17.2 Å². The zero-order chi connectivity index (χ0) is 21.2. The zero-order valence-electron chi connectivity index (χ0n) is 14.9. The van der Waals surface area contributed by atoms with Gasteiger partial charge in [0.25, 0.3) is 5.91 Å². The van der Waals surface area contributed by atoms with E-state index in [4.69, 9.17) is 16.3 Å². The number of benzene rings is 2. The number of nitrogens with zero attached hydrogens (tertiary/aromatic N) is 1. The Morgan fingerprint density at radius 1 is 1.21 bits per heavy atom. The fourth-order valence-corrected chi connectivity index (χ4v) is 4.47. The average molecular weight is 447 g/mol. The number of hydrogen-bond acceptors (Lipinski definition) is 5. The summed E-state index contributed by atoms with van der Waals surface area (Å²) >= 11 is 5.67. The Hall–Kier alpha value is -2.11. The van der Waals surface area contributed by atoms with E-state index in [9.17, 15) is 27.1 Å². The van der Waals surface area contributed by atoms with E-state index in [0.717, 1.165) is 28.6 Å². The van der Waals surface area contributed by atoms with Gasteiger partial charge in [-0.3, -0.25) is 4.79 Å². The van der Waals surface area contributed by atoms with Gasteiger partial charge in [0.2, 0.25) is 10.0 Å². The summed E-state index contributed by atoms with van der Waals surface area (Å²) in [5, 5.41) is 12.0. The minimum absolute atomic E-state index is 0.0306. The summed E-state index contributed by atoms with van der Waals surface area (Å²) in [6.07, 6.45) is -1.05. The number of carbonyl (C=O) groups excluding carboxylic acids is 1. The van der Waals surface area contributed by atoms with Crippen LogP contribution < -0.4 is 5.32 Å². The normalized spacial score (nSPS) is 18.3. The van der Waals surface area contributed by atoms with Crippen LogP contribution in [-0.2, 0) is 14.8 Å². The number of anilines is 1. The first kappa shape index (κ1) is 21.6. The molecule has 1 amide bonds. The molecule has 11 heteroatoms. The first-order valence-corrected chi connectivity index (χ1v) is 10.3. The van der Waals surface area contributed by atoms with Crippen LogP contribution in [0.15, 0.2) is 41.3 Å². The van der Waals surface area contributed by atoms with Crippen molar-refractivity contribution in [1.29, 1.82) is 0 Å². The number of ether oxygens (including phenoxy) is 1. The SMILES string of the molecule is O=C(Nc1ccc(F)c(Cl)c1)c1ccc(F)c(S(=O)(=O)N2CCOC[C@H](O)C2)c1. The Balaban J connectivity index is 1.88. The van der Waals surface area contributed by atoms with Crippen LogP contribution >= 0.6 is 11.6 Å². The van der Waals surface area contributed by atoms with E-state index in [1.807, 2.05) is 0 Å². The van der Waals surface area contributed by atoms with Crippen molar-refractivity contribution >= 4 is 33.2 Å². The van der Waals surface area contributed by atoms with Crippen LogP contribution in [0.5, 0.6) is 0 Å². The van der Waals surface area contributed by atoms with Crippen LogP contribution in [0.1, 0.15) is 10.4 Å². The summed E-state index contributed by atoms with van der Waals surface area (Å²) in [5.74, 6) is -2.43. The molecule has 0 saturated carbocycles. The van der Waals surface area contributed by atoms with Crippen molar-refractivity contribution in [2.45, 2.75) is 11.0 Å². The second-order valence-corrected chi connectivity index (χ2v) is 8.63. The number of nitrogens with one attached hydrogen (secondary N) is 1. The first-order chi connectivity index (χ1) is 13.7. The third-order valence-corrected chi connectivity index (χ3v) is 6.37. The molecule has 0 spiro atoms. The Labute approximate surface area is 170 Å². The van der Waals surface area contributed by atoms with E-state index in [0.29, 0.717) is 0 Å². The zero-order valence-corrected chi connectivity index (χ0v) is 16.5. The highest BCUT2D eigenvalue weighted by atomic mass is 35.5. The molecule has 29 heavy (non-hydrogen) atoms. The molecule has 1 aliphatic heterocycles. The van der Waals surface area contributed by atoms with Crippen LogP contribution in [0.25, 0.3) is 0 Å².